The second-order valence-corrected chi connectivity index (χ2v) is 4.68. The smallest absolute Gasteiger partial charge is 0.335 e. The molecule has 8 heteroatoms. The number of benzene rings is 1. The first-order valence-electron chi connectivity index (χ1n) is 6.94. The van der Waals surface area contributed by atoms with Crippen LogP contribution in [0.15, 0.2) is 24.3 Å². The Bertz CT molecular complexity index is 657. The molecular formula is C15H16N2O6. The first-order valence-corrected chi connectivity index (χ1v) is 6.94. The monoisotopic (exact) mass is 320 g/mol. The molecule has 0 aliphatic carbocycles. The first-order chi connectivity index (χ1) is 11.0. The Morgan fingerprint density at radius 3 is 2.39 bits per heavy atom. The van der Waals surface area contributed by atoms with Crippen molar-refractivity contribution in [2.24, 2.45) is 0 Å². The predicted molar refractivity (Wildman–Crippen MR) is 77.3 cm³/mol. The van der Waals surface area contributed by atoms with E-state index < -0.39 is 30.4 Å². The third-order valence-corrected chi connectivity index (χ3v) is 3.25. The molecule has 23 heavy (non-hydrogen) atoms. The highest BCUT2D eigenvalue weighted by molar-refractivity contribution is 6.44. The van der Waals surface area contributed by atoms with E-state index in [2.05, 4.69) is 0 Å². The molecule has 1 heterocycles. The van der Waals surface area contributed by atoms with Crippen molar-refractivity contribution in [3.63, 3.8) is 0 Å². The van der Waals surface area contributed by atoms with Crippen molar-refractivity contribution in [3.8, 4) is 5.75 Å². The first kappa shape index (κ1) is 16.5. The lowest BCUT2D eigenvalue weighted by atomic mass is 10.2. The highest BCUT2D eigenvalue weighted by Gasteiger charge is 2.45. The number of nitrogens with zero attached hydrogens (tertiary/aromatic N) is 2. The number of urea groups is 1. The van der Waals surface area contributed by atoms with Crippen LogP contribution < -0.4 is 4.74 Å². The second-order valence-electron chi connectivity index (χ2n) is 4.68. The molecule has 1 saturated heterocycles. The van der Waals surface area contributed by atoms with Crippen LogP contribution in [0, 0.1) is 0 Å². The number of amides is 4. The summed E-state index contributed by atoms with van der Waals surface area (Å²) >= 11 is 0. The Morgan fingerprint density at radius 1 is 1.09 bits per heavy atom. The maximum atomic E-state index is 12.2. The quantitative estimate of drug-likeness (QED) is 0.432. The number of methoxy groups -OCH3 is 1. The molecule has 1 aromatic rings. The average Bonchev–Trinajstić information content (AvgIpc) is 2.73. The van der Waals surface area contributed by atoms with Crippen LogP contribution in [0.1, 0.15) is 12.5 Å². The lowest BCUT2D eigenvalue weighted by Gasteiger charge is -2.16. The summed E-state index contributed by atoms with van der Waals surface area (Å²) in [5.41, 5.74) is 0.572. The fourth-order valence-corrected chi connectivity index (χ4v) is 2.17. The Morgan fingerprint density at radius 2 is 1.74 bits per heavy atom. The number of rotatable bonds is 6. The molecule has 1 aliphatic rings. The summed E-state index contributed by atoms with van der Waals surface area (Å²) in [5, 5.41) is 0. The van der Waals surface area contributed by atoms with Gasteiger partial charge in [-0.2, -0.15) is 0 Å². The fourth-order valence-electron chi connectivity index (χ4n) is 2.17. The number of ether oxygens (including phenoxy) is 2. The van der Waals surface area contributed by atoms with Crippen molar-refractivity contribution in [2.45, 2.75) is 13.5 Å². The van der Waals surface area contributed by atoms with E-state index in [0.29, 0.717) is 16.2 Å². The number of hydrogen-bond donors (Lipinski definition) is 0. The van der Waals surface area contributed by atoms with Gasteiger partial charge in [0.25, 0.3) is 0 Å². The summed E-state index contributed by atoms with van der Waals surface area (Å²) < 4.78 is 9.85. The van der Waals surface area contributed by atoms with Crippen LogP contribution in [0.2, 0.25) is 0 Å². The van der Waals surface area contributed by atoms with Crippen molar-refractivity contribution in [3.05, 3.63) is 29.8 Å². The molecule has 0 saturated carbocycles. The van der Waals surface area contributed by atoms with Gasteiger partial charge in [0.2, 0.25) is 0 Å². The van der Waals surface area contributed by atoms with E-state index in [1.54, 1.807) is 31.2 Å². The highest BCUT2D eigenvalue weighted by atomic mass is 16.5. The maximum Gasteiger partial charge on any atom is 0.335 e. The van der Waals surface area contributed by atoms with Crippen molar-refractivity contribution in [1.82, 2.24) is 9.80 Å². The summed E-state index contributed by atoms with van der Waals surface area (Å²) in [4.78, 5) is 48.9. The normalized spacial score (nSPS) is 14.4. The molecule has 0 aromatic heterocycles. The van der Waals surface area contributed by atoms with E-state index in [4.69, 9.17) is 9.47 Å². The van der Waals surface area contributed by atoms with Gasteiger partial charge in [-0.25, -0.2) is 9.69 Å². The van der Waals surface area contributed by atoms with E-state index in [1.165, 1.54) is 7.11 Å². The topological polar surface area (TPSA) is 93.2 Å². The van der Waals surface area contributed by atoms with E-state index in [0.717, 1.165) is 4.90 Å². The van der Waals surface area contributed by atoms with Crippen LogP contribution in [0.25, 0.3) is 0 Å². The number of carbonyl (C=O) groups is 4. The second kappa shape index (κ2) is 6.91. The van der Waals surface area contributed by atoms with Crippen molar-refractivity contribution < 1.29 is 28.7 Å². The minimum Gasteiger partial charge on any atom is -0.496 e. The number of para-hydroxylation sites is 1. The van der Waals surface area contributed by atoms with E-state index in [-0.39, 0.29) is 13.2 Å². The minimum absolute atomic E-state index is 0.118. The van der Waals surface area contributed by atoms with Gasteiger partial charge in [0.05, 0.1) is 20.3 Å². The van der Waals surface area contributed by atoms with Gasteiger partial charge in [0, 0.05) is 5.56 Å². The van der Waals surface area contributed by atoms with Gasteiger partial charge in [0.1, 0.15) is 12.3 Å². The summed E-state index contributed by atoms with van der Waals surface area (Å²) in [6.07, 6.45) is 0. The molecule has 1 aliphatic heterocycles. The Labute approximate surface area is 132 Å². The standard InChI is InChI=1S/C15H16N2O6/c1-3-23-12(18)9-17-14(20)13(19)16(15(17)21)8-10-6-4-5-7-11(10)22-2/h4-7H,3,8-9H2,1-2H3. The number of carbonyl (C=O) groups excluding carboxylic acids is 4. The molecule has 0 unspecified atom stereocenters. The van der Waals surface area contributed by atoms with Crippen molar-refractivity contribution in [1.29, 1.82) is 0 Å². The van der Waals surface area contributed by atoms with Gasteiger partial charge in [-0.05, 0) is 13.0 Å². The van der Waals surface area contributed by atoms with Crippen LogP contribution in [0.3, 0.4) is 0 Å². The fraction of sp³-hybridized carbons (Fsp3) is 0.333. The van der Waals surface area contributed by atoms with E-state index in [1.807, 2.05) is 0 Å². The number of esters is 1. The van der Waals surface area contributed by atoms with Crippen LogP contribution in [0.4, 0.5) is 4.79 Å². The summed E-state index contributed by atoms with van der Waals surface area (Å²) in [6.45, 7) is 1.02. The zero-order chi connectivity index (χ0) is 17.0. The molecule has 8 nitrogen and oxygen atoms in total. The largest absolute Gasteiger partial charge is 0.496 e. The number of imide groups is 2. The predicted octanol–water partition coefficient (Wildman–Crippen LogP) is 0.549. The lowest BCUT2D eigenvalue weighted by Crippen LogP contribution is -2.37. The molecule has 0 spiro atoms. The molecule has 0 atom stereocenters. The van der Waals surface area contributed by atoms with Crippen LogP contribution in [0.5, 0.6) is 5.75 Å². The van der Waals surface area contributed by atoms with Crippen molar-refractivity contribution >= 4 is 23.8 Å². The third kappa shape index (κ3) is 3.31. The SMILES string of the molecule is CCOC(=O)CN1C(=O)C(=O)N(Cc2ccccc2OC)C1=O. The lowest BCUT2D eigenvalue weighted by molar-refractivity contribution is -0.148. The zero-order valence-electron chi connectivity index (χ0n) is 12.8. The average molecular weight is 320 g/mol. The van der Waals surface area contributed by atoms with Crippen LogP contribution in [-0.4, -0.2) is 53.9 Å². The number of hydrogen-bond acceptors (Lipinski definition) is 6. The molecule has 1 fully saturated rings. The molecule has 2 rings (SSSR count). The van der Waals surface area contributed by atoms with Crippen molar-refractivity contribution in [2.75, 3.05) is 20.3 Å². The summed E-state index contributed by atoms with van der Waals surface area (Å²) in [5.74, 6) is -2.28. The van der Waals surface area contributed by atoms with Crippen LogP contribution >= 0.6 is 0 Å². The molecular weight excluding hydrogens is 304 g/mol. The van der Waals surface area contributed by atoms with E-state index >= 15 is 0 Å². The van der Waals surface area contributed by atoms with Gasteiger partial charge in [-0.15, -0.1) is 0 Å². The maximum absolute atomic E-state index is 12.2. The molecule has 4 amide bonds. The Kier molecular flexibility index (Phi) is 4.95. The third-order valence-electron chi connectivity index (χ3n) is 3.25. The Hall–Kier alpha value is -2.90. The minimum atomic E-state index is -1.04. The van der Waals surface area contributed by atoms with Gasteiger partial charge >= 0.3 is 23.8 Å². The summed E-state index contributed by atoms with van der Waals surface area (Å²) in [6, 6.07) is 5.98. The molecule has 0 N–H and O–H groups in total. The van der Waals surface area contributed by atoms with Gasteiger partial charge in [-0.1, -0.05) is 18.2 Å². The van der Waals surface area contributed by atoms with E-state index in [9.17, 15) is 19.2 Å². The van der Waals surface area contributed by atoms with Crippen LogP contribution in [-0.2, 0) is 25.7 Å². The zero-order valence-corrected chi connectivity index (χ0v) is 12.8. The molecule has 0 radical (unpaired) electrons. The molecule has 0 bridgehead atoms. The Balaban J connectivity index is 2.17. The van der Waals surface area contributed by atoms with Gasteiger partial charge in [0.15, 0.2) is 0 Å². The van der Waals surface area contributed by atoms with Gasteiger partial charge < -0.3 is 9.47 Å². The molecule has 1 aromatic carbocycles. The van der Waals surface area contributed by atoms with Gasteiger partial charge in [-0.3, -0.25) is 19.3 Å². The molecule has 122 valence electrons. The summed E-state index contributed by atoms with van der Waals surface area (Å²) in [7, 11) is 1.46. The highest BCUT2D eigenvalue weighted by Crippen LogP contribution is 2.22.